The predicted octanol–water partition coefficient (Wildman–Crippen LogP) is 4.30. The van der Waals surface area contributed by atoms with Gasteiger partial charge in [-0.2, -0.15) is 13.2 Å². The zero-order chi connectivity index (χ0) is 15.5. The van der Waals surface area contributed by atoms with E-state index in [9.17, 15) is 13.2 Å². The highest BCUT2D eigenvalue weighted by atomic mass is 35.5. The van der Waals surface area contributed by atoms with Crippen LogP contribution < -0.4 is 5.32 Å². The van der Waals surface area contributed by atoms with E-state index < -0.39 is 11.7 Å². The molecule has 7 heteroatoms. The van der Waals surface area contributed by atoms with Crippen LogP contribution in [0.1, 0.15) is 23.6 Å². The van der Waals surface area contributed by atoms with Crippen molar-refractivity contribution < 1.29 is 13.2 Å². The fourth-order valence-electron chi connectivity index (χ4n) is 2.60. The molecule has 0 bridgehead atoms. The highest BCUT2D eigenvalue weighted by molar-refractivity contribution is 6.31. The van der Waals surface area contributed by atoms with Crippen molar-refractivity contribution in [1.29, 1.82) is 0 Å². The van der Waals surface area contributed by atoms with E-state index in [4.69, 9.17) is 11.6 Å². The van der Waals surface area contributed by atoms with Gasteiger partial charge in [-0.25, -0.2) is 0 Å². The lowest BCUT2D eigenvalue weighted by molar-refractivity contribution is -0.137. The number of nitrogens with zero attached hydrogens (tertiary/aromatic N) is 1. The van der Waals surface area contributed by atoms with Gasteiger partial charge in [0.15, 0.2) is 0 Å². The molecule has 0 unspecified atom stereocenters. The first-order chi connectivity index (χ1) is 9.93. The van der Waals surface area contributed by atoms with Gasteiger partial charge in [0, 0.05) is 37.2 Å². The maximum atomic E-state index is 12.9. The molecule has 1 aromatic carbocycles. The minimum absolute atomic E-state index is 0. The van der Waals surface area contributed by atoms with Gasteiger partial charge in [0.2, 0.25) is 0 Å². The molecule has 1 aromatic rings. The molecule has 0 aliphatic carbocycles. The Morgan fingerprint density at radius 3 is 2.50 bits per heavy atom. The van der Waals surface area contributed by atoms with Crippen molar-refractivity contribution >= 4 is 24.0 Å². The van der Waals surface area contributed by atoms with Gasteiger partial charge in [0.25, 0.3) is 0 Å². The van der Waals surface area contributed by atoms with E-state index in [1.807, 2.05) is 0 Å². The van der Waals surface area contributed by atoms with Gasteiger partial charge in [0.05, 0.1) is 5.56 Å². The van der Waals surface area contributed by atoms with Crippen LogP contribution >= 0.6 is 24.0 Å². The smallest absolute Gasteiger partial charge is 0.314 e. The Labute approximate surface area is 139 Å². The SMILES string of the molecule is C=CC[C@@H](c1cc(C(F)(F)F)ccc1Cl)N1CCNCC1.Cl. The molecular formula is C15H19Cl2F3N2. The predicted molar refractivity (Wildman–Crippen MR) is 85.7 cm³/mol. The second kappa shape index (κ2) is 8.20. The molecule has 1 N–H and O–H groups in total. The Morgan fingerprint density at radius 1 is 1.32 bits per heavy atom. The highest BCUT2D eigenvalue weighted by Crippen LogP contribution is 2.36. The molecule has 0 spiro atoms. The Hall–Kier alpha value is -0.750. The van der Waals surface area contributed by atoms with Crippen molar-refractivity contribution in [2.45, 2.75) is 18.6 Å². The summed E-state index contributed by atoms with van der Waals surface area (Å²) < 4.78 is 38.7. The summed E-state index contributed by atoms with van der Waals surface area (Å²) in [6.45, 7) is 6.93. The average Bonchev–Trinajstić information content (AvgIpc) is 2.45. The van der Waals surface area contributed by atoms with E-state index in [0.717, 1.165) is 32.2 Å². The van der Waals surface area contributed by atoms with Gasteiger partial charge >= 0.3 is 6.18 Å². The van der Waals surface area contributed by atoms with E-state index in [-0.39, 0.29) is 18.4 Å². The van der Waals surface area contributed by atoms with E-state index in [1.54, 1.807) is 6.08 Å². The van der Waals surface area contributed by atoms with Crippen LogP contribution in [0, 0.1) is 0 Å². The van der Waals surface area contributed by atoms with E-state index >= 15 is 0 Å². The molecule has 0 radical (unpaired) electrons. The first-order valence-electron chi connectivity index (χ1n) is 6.86. The van der Waals surface area contributed by atoms with Crippen LogP contribution in [0.4, 0.5) is 13.2 Å². The van der Waals surface area contributed by atoms with Crippen LogP contribution in [0.3, 0.4) is 0 Å². The standard InChI is InChI=1S/C15H18ClF3N2.ClH/c1-2-3-14(21-8-6-20-7-9-21)12-10-11(15(17,18)19)4-5-13(12)16;/h2,4-5,10,14,20H,1,3,6-9H2;1H/t14-;/m0./s1. The summed E-state index contributed by atoms with van der Waals surface area (Å²) in [6, 6.07) is 3.35. The number of nitrogens with one attached hydrogen (secondary N) is 1. The third kappa shape index (κ3) is 4.62. The van der Waals surface area contributed by atoms with Crippen molar-refractivity contribution in [2.75, 3.05) is 26.2 Å². The minimum atomic E-state index is -4.36. The summed E-state index contributed by atoms with van der Waals surface area (Å²) in [6.07, 6.45) is -2.06. The molecule has 1 aliphatic heterocycles. The largest absolute Gasteiger partial charge is 0.416 e. The van der Waals surface area contributed by atoms with Crippen molar-refractivity contribution in [2.24, 2.45) is 0 Å². The Morgan fingerprint density at radius 2 is 1.95 bits per heavy atom. The molecule has 0 amide bonds. The molecule has 1 heterocycles. The van der Waals surface area contributed by atoms with Gasteiger partial charge in [-0.3, -0.25) is 4.90 Å². The van der Waals surface area contributed by atoms with E-state index in [2.05, 4.69) is 16.8 Å². The zero-order valence-electron chi connectivity index (χ0n) is 12.0. The molecule has 22 heavy (non-hydrogen) atoms. The molecular weight excluding hydrogens is 336 g/mol. The molecule has 124 valence electrons. The van der Waals surface area contributed by atoms with Crippen LogP contribution in [0.15, 0.2) is 30.9 Å². The summed E-state index contributed by atoms with van der Waals surface area (Å²) in [4.78, 5) is 2.15. The molecule has 0 saturated carbocycles. The van der Waals surface area contributed by atoms with Gasteiger partial charge < -0.3 is 5.32 Å². The van der Waals surface area contributed by atoms with Crippen molar-refractivity contribution in [3.05, 3.63) is 47.0 Å². The van der Waals surface area contributed by atoms with Crippen LogP contribution in [0.5, 0.6) is 0 Å². The minimum Gasteiger partial charge on any atom is -0.314 e. The molecule has 1 atom stereocenters. The normalized spacial score (nSPS) is 17.6. The van der Waals surface area contributed by atoms with E-state index in [1.165, 1.54) is 12.1 Å². The molecule has 2 rings (SSSR count). The number of halogens is 5. The second-order valence-corrected chi connectivity index (χ2v) is 5.47. The Kier molecular flexibility index (Phi) is 7.19. The summed E-state index contributed by atoms with van der Waals surface area (Å²) in [5, 5.41) is 3.60. The van der Waals surface area contributed by atoms with Gasteiger partial charge in [-0.15, -0.1) is 19.0 Å². The first kappa shape index (κ1) is 19.3. The maximum Gasteiger partial charge on any atom is 0.416 e. The number of piperazine rings is 1. The lowest BCUT2D eigenvalue weighted by Gasteiger charge is -2.35. The quantitative estimate of drug-likeness (QED) is 0.810. The average molecular weight is 355 g/mol. The zero-order valence-corrected chi connectivity index (χ0v) is 13.6. The topological polar surface area (TPSA) is 15.3 Å². The third-order valence-electron chi connectivity index (χ3n) is 3.66. The fourth-order valence-corrected chi connectivity index (χ4v) is 2.84. The Bertz CT molecular complexity index is 500. The molecule has 1 fully saturated rings. The molecule has 1 saturated heterocycles. The third-order valence-corrected chi connectivity index (χ3v) is 4.01. The number of hydrogen-bond donors (Lipinski definition) is 1. The van der Waals surface area contributed by atoms with Crippen molar-refractivity contribution in [3.63, 3.8) is 0 Å². The van der Waals surface area contributed by atoms with Crippen LogP contribution in [-0.2, 0) is 6.18 Å². The number of rotatable bonds is 4. The lowest BCUT2D eigenvalue weighted by atomic mass is 9.98. The fraction of sp³-hybridized carbons (Fsp3) is 0.467. The summed E-state index contributed by atoms with van der Waals surface area (Å²) in [7, 11) is 0. The number of alkyl halides is 3. The molecule has 0 aromatic heterocycles. The molecule has 2 nitrogen and oxygen atoms in total. The maximum absolute atomic E-state index is 12.9. The Balaban J connectivity index is 0.00000242. The summed E-state index contributed by atoms with van der Waals surface area (Å²) in [5.41, 5.74) is -0.139. The lowest BCUT2D eigenvalue weighted by Crippen LogP contribution is -2.45. The molecule has 1 aliphatic rings. The van der Waals surface area contributed by atoms with Crippen molar-refractivity contribution in [1.82, 2.24) is 10.2 Å². The highest BCUT2D eigenvalue weighted by Gasteiger charge is 2.32. The van der Waals surface area contributed by atoms with Crippen LogP contribution in [0.2, 0.25) is 5.02 Å². The number of hydrogen-bond acceptors (Lipinski definition) is 2. The van der Waals surface area contributed by atoms with Crippen LogP contribution in [0.25, 0.3) is 0 Å². The van der Waals surface area contributed by atoms with Crippen molar-refractivity contribution in [3.8, 4) is 0 Å². The van der Waals surface area contributed by atoms with Gasteiger partial charge in [-0.1, -0.05) is 17.7 Å². The first-order valence-corrected chi connectivity index (χ1v) is 7.23. The number of benzene rings is 1. The second-order valence-electron chi connectivity index (χ2n) is 5.06. The van der Waals surface area contributed by atoms with Gasteiger partial charge in [-0.05, 0) is 30.2 Å². The monoisotopic (exact) mass is 354 g/mol. The van der Waals surface area contributed by atoms with Crippen LogP contribution in [-0.4, -0.2) is 31.1 Å². The van der Waals surface area contributed by atoms with Gasteiger partial charge in [0.1, 0.15) is 0 Å². The summed E-state index contributed by atoms with van der Waals surface area (Å²) >= 11 is 6.15. The summed E-state index contributed by atoms with van der Waals surface area (Å²) in [5.74, 6) is 0. The van der Waals surface area contributed by atoms with E-state index in [0.29, 0.717) is 17.0 Å².